The van der Waals surface area contributed by atoms with Gasteiger partial charge in [0, 0.05) is 0 Å². The Morgan fingerprint density at radius 2 is 2.30 bits per heavy atom. The predicted octanol–water partition coefficient (Wildman–Crippen LogP) is 3.02. The van der Waals surface area contributed by atoms with E-state index in [2.05, 4.69) is 32.6 Å². The quantitative estimate of drug-likeness (QED) is 0.523. The standard InChI is InChI=1S/C10H16/c1-4-8(2)7-10-6-5-9(10)3/h4-6,8-10H,1,7H2,2-3H3. The Labute approximate surface area is 63.6 Å². The van der Waals surface area contributed by atoms with Gasteiger partial charge in [-0.1, -0.05) is 32.1 Å². The van der Waals surface area contributed by atoms with Gasteiger partial charge < -0.3 is 0 Å². The van der Waals surface area contributed by atoms with Gasteiger partial charge in [-0.3, -0.25) is 0 Å². The molecule has 56 valence electrons. The molecular weight excluding hydrogens is 120 g/mol. The van der Waals surface area contributed by atoms with Crippen LogP contribution >= 0.6 is 0 Å². The van der Waals surface area contributed by atoms with Gasteiger partial charge in [0.2, 0.25) is 0 Å². The number of allylic oxidation sites excluding steroid dienone is 3. The molecule has 0 heterocycles. The van der Waals surface area contributed by atoms with Gasteiger partial charge in [0.1, 0.15) is 0 Å². The van der Waals surface area contributed by atoms with Crippen molar-refractivity contribution in [3.05, 3.63) is 24.8 Å². The first kappa shape index (κ1) is 7.59. The van der Waals surface area contributed by atoms with Crippen LogP contribution in [-0.2, 0) is 0 Å². The maximum atomic E-state index is 3.77. The molecule has 0 saturated heterocycles. The zero-order valence-electron chi connectivity index (χ0n) is 6.88. The van der Waals surface area contributed by atoms with Crippen LogP contribution < -0.4 is 0 Å². The summed E-state index contributed by atoms with van der Waals surface area (Å²) in [6.45, 7) is 8.28. The van der Waals surface area contributed by atoms with E-state index in [1.807, 2.05) is 6.08 Å². The average Bonchev–Trinajstić information content (AvgIpc) is 1.96. The highest BCUT2D eigenvalue weighted by Crippen LogP contribution is 2.30. The highest BCUT2D eigenvalue weighted by molar-refractivity contribution is 5.08. The lowest BCUT2D eigenvalue weighted by Crippen LogP contribution is -2.17. The fourth-order valence-electron chi connectivity index (χ4n) is 1.31. The third-order valence-corrected chi connectivity index (χ3v) is 2.38. The van der Waals surface area contributed by atoms with Crippen LogP contribution in [0.4, 0.5) is 0 Å². The lowest BCUT2D eigenvalue weighted by molar-refractivity contribution is 0.390. The lowest BCUT2D eigenvalue weighted by atomic mass is 9.78. The maximum absolute atomic E-state index is 3.77. The first-order chi connectivity index (χ1) is 4.74. The zero-order chi connectivity index (χ0) is 7.56. The summed E-state index contributed by atoms with van der Waals surface area (Å²) in [7, 11) is 0. The van der Waals surface area contributed by atoms with Crippen molar-refractivity contribution in [2.75, 3.05) is 0 Å². The topological polar surface area (TPSA) is 0 Å². The van der Waals surface area contributed by atoms with Gasteiger partial charge in [-0.15, -0.1) is 6.58 Å². The SMILES string of the molecule is C=CC(C)CC1C=CC1C. The Morgan fingerprint density at radius 3 is 2.60 bits per heavy atom. The molecule has 10 heavy (non-hydrogen) atoms. The molecule has 3 atom stereocenters. The number of hydrogen-bond acceptors (Lipinski definition) is 0. The first-order valence-electron chi connectivity index (χ1n) is 4.05. The summed E-state index contributed by atoms with van der Waals surface area (Å²) < 4.78 is 0. The van der Waals surface area contributed by atoms with Gasteiger partial charge in [0.15, 0.2) is 0 Å². The van der Waals surface area contributed by atoms with E-state index in [-0.39, 0.29) is 0 Å². The normalized spacial score (nSPS) is 33.0. The fourth-order valence-corrected chi connectivity index (χ4v) is 1.31. The number of rotatable bonds is 3. The smallest absolute Gasteiger partial charge is 0.0168 e. The predicted molar refractivity (Wildman–Crippen MR) is 45.8 cm³/mol. The van der Waals surface area contributed by atoms with Crippen molar-refractivity contribution in [3.63, 3.8) is 0 Å². The van der Waals surface area contributed by atoms with Crippen LogP contribution in [0.15, 0.2) is 24.8 Å². The third-order valence-electron chi connectivity index (χ3n) is 2.38. The molecule has 0 nitrogen and oxygen atoms in total. The largest absolute Gasteiger partial charge is 0.103 e. The molecule has 0 amide bonds. The minimum absolute atomic E-state index is 0.678. The van der Waals surface area contributed by atoms with Gasteiger partial charge in [-0.2, -0.15) is 0 Å². The van der Waals surface area contributed by atoms with Crippen molar-refractivity contribution in [2.45, 2.75) is 20.3 Å². The molecule has 0 aromatic rings. The van der Waals surface area contributed by atoms with Crippen LogP contribution in [-0.4, -0.2) is 0 Å². The summed E-state index contributed by atoms with van der Waals surface area (Å²) in [5, 5.41) is 0. The Balaban J connectivity index is 2.26. The third kappa shape index (κ3) is 1.50. The molecule has 1 rings (SSSR count). The van der Waals surface area contributed by atoms with Crippen LogP contribution in [0.1, 0.15) is 20.3 Å². The van der Waals surface area contributed by atoms with Crippen molar-refractivity contribution in [1.29, 1.82) is 0 Å². The van der Waals surface area contributed by atoms with Gasteiger partial charge in [-0.25, -0.2) is 0 Å². The molecule has 0 aliphatic heterocycles. The van der Waals surface area contributed by atoms with E-state index in [1.54, 1.807) is 0 Å². The molecular formula is C10H16. The van der Waals surface area contributed by atoms with Gasteiger partial charge in [0.25, 0.3) is 0 Å². The minimum atomic E-state index is 0.678. The van der Waals surface area contributed by atoms with Crippen molar-refractivity contribution in [1.82, 2.24) is 0 Å². The second-order valence-corrected chi connectivity index (χ2v) is 3.36. The zero-order valence-corrected chi connectivity index (χ0v) is 6.88. The van der Waals surface area contributed by atoms with E-state index in [0.29, 0.717) is 5.92 Å². The fraction of sp³-hybridized carbons (Fsp3) is 0.600. The monoisotopic (exact) mass is 136 g/mol. The van der Waals surface area contributed by atoms with Crippen LogP contribution in [0.25, 0.3) is 0 Å². The summed E-state index contributed by atoms with van der Waals surface area (Å²) >= 11 is 0. The van der Waals surface area contributed by atoms with E-state index in [1.165, 1.54) is 6.42 Å². The van der Waals surface area contributed by atoms with Crippen molar-refractivity contribution >= 4 is 0 Å². The van der Waals surface area contributed by atoms with E-state index in [0.717, 1.165) is 11.8 Å². The summed E-state index contributed by atoms with van der Waals surface area (Å²) in [6, 6.07) is 0. The molecule has 0 heteroatoms. The molecule has 0 bridgehead atoms. The maximum Gasteiger partial charge on any atom is -0.0168 e. The highest BCUT2D eigenvalue weighted by atomic mass is 14.2. The molecule has 0 N–H and O–H groups in total. The van der Waals surface area contributed by atoms with Crippen molar-refractivity contribution < 1.29 is 0 Å². The molecule has 0 fully saturated rings. The second-order valence-electron chi connectivity index (χ2n) is 3.36. The second kappa shape index (κ2) is 3.05. The molecule has 0 radical (unpaired) electrons. The minimum Gasteiger partial charge on any atom is -0.103 e. The van der Waals surface area contributed by atoms with E-state index >= 15 is 0 Å². The summed E-state index contributed by atoms with van der Waals surface area (Å²) in [4.78, 5) is 0. The van der Waals surface area contributed by atoms with E-state index in [9.17, 15) is 0 Å². The number of hydrogen-bond donors (Lipinski definition) is 0. The molecule has 0 spiro atoms. The molecule has 3 unspecified atom stereocenters. The summed E-state index contributed by atoms with van der Waals surface area (Å²) in [5.74, 6) is 2.31. The lowest BCUT2D eigenvalue weighted by Gasteiger charge is -2.27. The van der Waals surface area contributed by atoms with Gasteiger partial charge >= 0.3 is 0 Å². The van der Waals surface area contributed by atoms with Gasteiger partial charge in [0.05, 0.1) is 0 Å². The van der Waals surface area contributed by atoms with Gasteiger partial charge in [-0.05, 0) is 24.2 Å². The first-order valence-corrected chi connectivity index (χ1v) is 4.05. The molecule has 0 saturated carbocycles. The molecule has 1 aliphatic rings. The summed E-state index contributed by atoms with van der Waals surface area (Å²) in [6.07, 6.45) is 7.91. The average molecular weight is 136 g/mol. The molecule has 0 aromatic heterocycles. The molecule has 0 aromatic carbocycles. The molecule has 1 aliphatic carbocycles. The van der Waals surface area contributed by atoms with Crippen LogP contribution in [0.2, 0.25) is 0 Å². The van der Waals surface area contributed by atoms with Crippen molar-refractivity contribution in [3.8, 4) is 0 Å². The van der Waals surface area contributed by atoms with Crippen LogP contribution in [0.5, 0.6) is 0 Å². The summed E-state index contributed by atoms with van der Waals surface area (Å²) in [5.41, 5.74) is 0. The van der Waals surface area contributed by atoms with E-state index < -0.39 is 0 Å². The van der Waals surface area contributed by atoms with Crippen LogP contribution in [0, 0.1) is 17.8 Å². The Hall–Kier alpha value is -0.520. The Morgan fingerprint density at radius 1 is 1.60 bits per heavy atom. The van der Waals surface area contributed by atoms with E-state index in [4.69, 9.17) is 0 Å². The highest BCUT2D eigenvalue weighted by Gasteiger charge is 2.20. The Kier molecular flexibility index (Phi) is 2.31. The Bertz CT molecular complexity index is 144. The van der Waals surface area contributed by atoms with Crippen LogP contribution in [0.3, 0.4) is 0 Å². The van der Waals surface area contributed by atoms with Crippen molar-refractivity contribution in [2.24, 2.45) is 17.8 Å².